The third-order valence-corrected chi connectivity index (χ3v) is 5.87. The van der Waals surface area contributed by atoms with Gasteiger partial charge in [0.1, 0.15) is 0 Å². The smallest absolute Gasteiger partial charge is 0.411 e. The van der Waals surface area contributed by atoms with Crippen LogP contribution in [0.2, 0.25) is 0 Å². The SMILES string of the molecule is CCOC(=O)[C@@]1(Cc2ccccc2)C(c2cccc([N+](=O)[O-])c2)OC(=O)N1Cc1ccccc1. The maximum absolute atomic E-state index is 13.7. The largest absolute Gasteiger partial charge is 0.464 e. The fraction of sp³-hybridized carbons (Fsp3) is 0.231. The zero-order valence-electron chi connectivity index (χ0n) is 18.6. The van der Waals surface area contributed by atoms with Crippen LogP contribution in [-0.2, 0) is 27.2 Å². The highest BCUT2D eigenvalue weighted by Gasteiger charge is 2.61. The number of amides is 1. The minimum Gasteiger partial charge on any atom is -0.464 e. The first kappa shape index (κ1) is 23.0. The van der Waals surface area contributed by atoms with Gasteiger partial charge in [0, 0.05) is 24.1 Å². The van der Waals surface area contributed by atoms with Crippen molar-refractivity contribution in [2.75, 3.05) is 6.61 Å². The summed E-state index contributed by atoms with van der Waals surface area (Å²) in [7, 11) is 0. The molecule has 1 aliphatic rings. The molecule has 3 aromatic carbocycles. The van der Waals surface area contributed by atoms with E-state index in [1.807, 2.05) is 60.7 Å². The standard InChI is InChI=1S/C26H24N2O6/c1-2-33-24(29)26(17-19-10-5-3-6-11-19)23(21-14-9-15-22(16-21)28(31)32)34-25(30)27(26)18-20-12-7-4-8-13-20/h3-16,23H,2,17-18H2,1H3/t23?,26-/m1/s1. The van der Waals surface area contributed by atoms with Crippen molar-refractivity contribution < 1.29 is 24.0 Å². The average Bonchev–Trinajstić information content (AvgIpc) is 3.13. The maximum atomic E-state index is 13.7. The van der Waals surface area contributed by atoms with Gasteiger partial charge in [0.15, 0.2) is 11.6 Å². The molecule has 1 aliphatic heterocycles. The molecule has 174 valence electrons. The zero-order valence-corrected chi connectivity index (χ0v) is 18.6. The average molecular weight is 460 g/mol. The summed E-state index contributed by atoms with van der Waals surface area (Å²) in [6, 6.07) is 24.3. The van der Waals surface area contributed by atoms with Crippen molar-refractivity contribution in [2.45, 2.75) is 31.5 Å². The lowest BCUT2D eigenvalue weighted by atomic mass is 9.81. The van der Waals surface area contributed by atoms with Crippen LogP contribution < -0.4 is 0 Å². The van der Waals surface area contributed by atoms with E-state index in [0.29, 0.717) is 5.56 Å². The zero-order chi connectivity index (χ0) is 24.1. The Morgan fingerprint density at radius 3 is 2.29 bits per heavy atom. The molecule has 8 nitrogen and oxygen atoms in total. The lowest BCUT2D eigenvalue weighted by Crippen LogP contribution is -2.56. The van der Waals surface area contributed by atoms with E-state index in [4.69, 9.17) is 9.47 Å². The monoisotopic (exact) mass is 460 g/mol. The van der Waals surface area contributed by atoms with Crippen molar-refractivity contribution in [3.8, 4) is 0 Å². The van der Waals surface area contributed by atoms with Gasteiger partial charge in [-0.1, -0.05) is 72.8 Å². The van der Waals surface area contributed by atoms with Gasteiger partial charge in [-0.05, 0) is 18.1 Å². The third-order valence-electron chi connectivity index (χ3n) is 5.87. The Balaban J connectivity index is 1.89. The topological polar surface area (TPSA) is 99.0 Å². The van der Waals surface area contributed by atoms with Crippen LogP contribution in [0, 0.1) is 10.1 Å². The van der Waals surface area contributed by atoms with Crippen LogP contribution in [-0.4, -0.2) is 34.0 Å². The lowest BCUT2D eigenvalue weighted by molar-refractivity contribution is -0.385. The molecule has 0 aromatic heterocycles. The molecule has 2 atom stereocenters. The summed E-state index contributed by atoms with van der Waals surface area (Å²) < 4.78 is 11.3. The molecular formula is C26H24N2O6. The highest BCUT2D eigenvalue weighted by Crippen LogP contribution is 2.46. The Kier molecular flexibility index (Phi) is 6.58. The Bertz CT molecular complexity index is 1180. The predicted molar refractivity (Wildman–Crippen MR) is 124 cm³/mol. The number of nitrogens with zero attached hydrogens (tertiary/aromatic N) is 2. The molecule has 1 amide bonds. The molecule has 0 aliphatic carbocycles. The summed E-state index contributed by atoms with van der Waals surface area (Å²) in [5.41, 5.74) is 0.220. The number of nitro groups is 1. The van der Waals surface area contributed by atoms with E-state index in [9.17, 15) is 19.7 Å². The highest BCUT2D eigenvalue weighted by atomic mass is 16.6. The second kappa shape index (κ2) is 9.74. The normalized spacial score (nSPS) is 19.5. The van der Waals surface area contributed by atoms with E-state index < -0.39 is 28.6 Å². The molecule has 1 heterocycles. The molecule has 3 aromatic rings. The molecule has 0 radical (unpaired) electrons. The Hall–Kier alpha value is -4.20. The van der Waals surface area contributed by atoms with Crippen LogP contribution in [0.4, 0.5) is 10.5 Å². The number of esters is 1. The molecule has 0 saturated carbocycles. The number of carbonyl (C=O) groups excluding carboxylic acids is 2. The van der Waals surface area contributed by atoms with Gasteiger partial charge in [-0.25, -0.2) is 9.59 Å². The van der Waals surface area contributed by atoms with Crippen molar-refractivity contribution in [1.82, 2.24) is 4.90 Å². The molecule has 34 heavy (non-hydrogen) atoms. The van der Waals surface area contributed by atoms with E-state index in [2.05, 4.69) is 0 Å². The minimum atomic E-state index is -1.57. The predicted octanol–water partition coefficient (Wildman–Crippen LogP) is 4.83. The number of rotatable bonds is 8. The Morgan fingerprint density at radius 1 is 1.03 bits per heavy atom. The van der Waals surface area contributed by atoms with Gasteiger partial charge in [-0.15, -0.1) is 0 Å². The summed E-state index contributed by atoms with van der Waals surface area (Å²) in [5.74, 6) is -0.628. The number of hydrogen-bond acceptors (Lipinski definition) is 6. The number of nitro benzene ring substituents is 1. The summed E-state index contributed by atoms with van der Waals surface area (Å²) in [4.78, 5) is 39.2. The van der Waals surface area contributed by atoms with Gasteiger partial charge in [-0.2, -0.15) is 0 Å². The summed E-state index contributed by atoms with van der Waals surface area (Å²) in [6.45, 7) is 1.90. The summed E-state index contributed by atoms with van der Waals surface area (Å²) in [6.07, 6.45) is -1.69. The minimum absolute atomic E-state index is 0.102. The van der Waals surface area contributed by atoms with Gasteiger partial charge < -0.3 is 9.47 Å². The van der Waals surface area contributed by atoms with Crippen LogP contribution in [0.25, 0.3) is 0 Å². The van der Waals surface area contributed by atoms with Crippen LogP contribution in [0.1, 0.15) is 29.7 Å². The molecule has 1 saturated heterocycles. The fourth-order valence-corrected chi connectivity index (χ4v) is 4.32. The van der Waals surface area contributed by atoms with E-state index in [-0.39, 0.29) is 25.3 Å². The first-order valence-corrected chi connectivity index (χ1v) is 10.9. The number of cyclic esters (lactones) is 1. The van der Waals surface area contributed by atoms with Crippen molar-refractivity contribution in [1.29, 1.82) is 0 Å². The quantitative estimate of drug-likeness (QED) is 0.271. The number of carbonyl (C=O) groups is 2. The van der Waals surface area contributed by atoms with Crippen LogP contribution in [0.15, 0.2) is 84.9 Å². The van der Waals surface area contributed by atoms with Gasteiger partial charge >= 0.3 is 12.1 Å². The van der Waals surface area contributed by atoms with Crippen LogP contribution in [0.5, 0.6) is 0 Å². The summed E-state index contributed by atoms with van der Waals surface area (Å²) in [5, 5.41) is 11.4. The number of hydrogen-bond donors (Lipinski definition) is 0. The molecule has 0 bridgehead atoms. The van der Waals surface area contributed by atoms with Gasteiger partial charge in [0.2, 0.25) is 0 Å². The van der Waals surface area contributed by atoms with E-state index in [1.165, 1.54) is 23.1 Å². The molecule has 0 spiro atoms. The number of ether oxygens (including phenoxy) is 2. The van der Waals surface area contributed by atoms with Gasteiger partial charge in [-0.3, -0.25) is 15.0 Å². The van der Waals surface area contributed by atoms with Crippen molar-refractivity contribution >= 4 is 17.7 Å². The Labute approximate surface area is 196 Å². The van der Waals surface area contributed by atoms with E-state index in [1.54, 1.807) is 13.0 Å². The fourth-order valence-electron chi connectivity index (χ4n) is 4.32. The molecule has 4 rings (SSSR count). The van der Waals surface area contributed by atoms with Gasteiger partial charge in [0.25, 0.3) is 5.69 Å². The van der Waals surface area contributed by atoms with Crippen LogP contribution >= 0.6 is 0 Å². The number of benzene rings is 3. The lowest BCUT2D eigenvalue weighted by Gasteiger charge is -2.37. The molecule has 0 N–H and O–H groups in total. The summed E-state index contributed by atoms with van der Waals surface area (Å²) >= 11 is 0. The first-order chi connectivity index (χ1) is 16.5. The van der Waals surface area contributed by atoms with E-state index >= 15 is 0 Å². The molecule has 1 unspecified atom stereocenters. The molecular weight excluding hydrogens is 436 g/mol. The maximum Gasteiger partial charge on any atom is 0.411 e. The van der Waals surface area contributed by atoms with Crippen molar-refractivity contribution in [3.63, 3.8) is 0 Å². The highest BCUT2D eigenvalue weighted by molar-refractivity contribution is 5.90. The first-order valence-electron chi connectivity index (χ1n) is 10.9. The van der Waals surface area contributed by atoms with Crippen LogP contribution in [0.3, 0.4) is 0 Å². The molecule has 8 heteroatoms. The van der Waals surface area contributed by atoms with E-state index in [0.717, 1.165) is 11.1 Å². The Morgan fingerprint density at radius 2 is 1.68 bits per heavy atom. The van der Waals surface area contributed by atoms with Crippen molar-refractivity contribution in [2.24, 2.45) is 0 Å². The second-order valence-corrected chi connectivity index (χ2v) is 7.99. The van der Waals surface area contributed by atoms with Crippen molar-refractivity contribution in [3.05, 3.63) is 112 Å². The molecule has 1 fully saturated rings. The number of non-ortho nitro benzene ring substituents is 1. The van der Waals surface area contributed by atoms with Gasteiger partial charge in [0.05, 0.1) is 18.1 Å². The second-order valence-electron chi connectivity index (χ2n) is 7.99. The third kappa shape index (κ3) is 4.34.